The van der Waals surface area contributed by atoms with Crippen molar-refractivity contribution in [2.75, 3.05) is 6.54 Å². The number of nitrogens with two attached hydrogens (primary N) is 1. The molecule has 0 saturated carbocycles. The van der Waals surface area contributed by atoms with E-state index in [0.29, 0.717) is 12.3 Å². The third-order valence-corrected chi connectivity index (χ3v) is 2.09. The molecule has 0 saturated heterocycles. The van der Waals surface area contributed by atoms with Crippen LogP contribution in [0.3, 0.4) is 0 Å². The molecule has 0 fully saturated rings. The van der Waals surface area contributed by atoms with Gasteiger partial charge in [0.25, 0.3) is 5.91 Å². The zero-order chi connectivity index (χ0) is 9.26. The summed E-state index contributed by atoms with van der Waals surface area (Å²) in [6.07, 6.45) is 0.865. The predicted molar refractivity (Wildman–Crippen MR) is 49.6 cm³/mol. The fourth-order valence-corrected chi connectivity index (χ4v) is 1.49. The standard InChI is InChI=1S/C10H9N2O/c11-10(13)9-8-4-2-1-3-7(8)5-6-12-9/h2-4H,5-6H2,(H2,11,13). The molecule has 1 aliphatic rings. The highest BCUT2D eigenvalue weighted by Crippen LogP contribution is 2.14. The van der Waals surface area contributed by atoms with Gasteiger partial charge in [0.05, 0.1) is 0 Å². The summed E-state index contributed by atoms with van der Waals surface area (Å²) in [6, 6.07) is 8.45. The van der Waals surface area contributed by atoms with Crippen molar-refractivity contribution in [3.63, 3.8) is 0 Å². The molecule has 3 heteroatoms. The first-order chi connectivity index (χ1) is 6.29. The molecule has 0 bridgehead atoms. The number of hydrogen-bond donors (Lipinski definition) is 1. The van der Waals surface area contributed by atoms with Crippen LogP contribution >= 0.6 is 0 Å². The third-order valence-electron chi connectivity index (χ3n) is 2.09. The van der Waals surface area contributed by atoms with E-state index in [1.807, 2.05) is 12.1 Å². The molecule has 65 valence electrons. The molecule has 0 aromatic heterocycles. The van der Waals surface area contributed by atoms with Gasteiger partial charge in [0.1, 0.15) is 5.71 Å². The first kappa shape index (κ1) is 7.98. The van der Waals surface area contributed by atoms with E-state index in [0.717, 1.165) is 17.5 Å². The number of amides is 1. The van der Waals surface area contributed by atoms with Crippen LogP contribution in [0.2, 0.25) is 0 Å². The fourth-order valence-electron chi connectivity index (χ4n) is 1.49. The Morgan fingerprint density at radius 1 is 1.62 bits per heavy atom. The van der Waals surface area contributed by atoms with Crippen molar-refractivity contribution >= 4 is 11.6 Å². The average molecular weight is 173 g/mol. The number of carbonyl (C=O) groups is 1. The monoisotopic (exact) mass is 173 g/mol. The zero-order valence-corrected chi connectivity index (χ0v) is 7.08. The maximum Gasteiger partial charge on any atom is 0.267 e. The maximum atomic E-state index is 11.0. The molecule has 0 atom stereocenters. The Labute approximate surface area is 76.3 Å². The van der Waals surface area contributed by atoms with Gasteiger partial charge in [0.15, 0.2) is 0 Å². The number of benzene rings is 1. The smallest absolute Gasteiger partial charge is 0.267 e. The average Bonchev–Trinajstić information content (AvgIpc) is 2.17. The minimum Gasteiger partial charge on any atom is -0.364 e. The van der Waals surface area contributed by atoms with E-state index in [4.69, 9.17) is 5.73 Å². The molecule has 1 amide bonds. The maximum absolute atomic E-state index is 11.0. The van der Waals surface area contributed by atoms with Crippen LogP contribution in [0.25, 0.3) is 0 Å². The van der Waals surface area contributed by atoms with Crippen LogP contribution in [0.5, 0.6) is 0 Å². The van der Waals surface area contributed by atoms with E-state index in [9.17, 15) is 4.79 Å². The summed E-state index contributed by atoms with van der Waals surface area (Å²) in [4.78, 5) is 15.1. The van der Waals surface area contributed by atoms with Crippen molar-refractivity contribution in [2.24, 2.45) is 10.7 Å². The SMILES string of the molecule is NC(=O)C1=NCCc2c[c]ccc21. The van der Waals surface area contributed by atoms with Crippen LogP contribution in [-0.2, 0) is 11.2 Å². The van der Waals surface area contributed by atoms with Gasteiger partial charge in [-0.2, -0.15) is 0 Å². The quantitative estimate of drug-likeness (QED) is 0.653. The van der Waals surface area contributed by atoms with E-state index in [-0.39, 0.29) is 0 Å². The van der Waals surface area contributed by atoms with Crippen molar-refractivity contribution < 1.29 is 4.79 Å². The number of aliphatic imine (C=N–C) groups is 1. The lowest BCUT2D eigenvalue weighted by Gasteiger charge is -2.13. The Hall–Kier alpha value is -1.64. The summed E-state index contributed by atoms with van der Waals surface area (Å²) < 4.78 is 0. The Morgan fingerprint density at radius 2 is 2.46 bits per heavy atom. The summed E-state index contributed by atoms with van der Waals surface area (Å²) in [6.45, 7) is 0.642. The molecule has 0 unspecified atom stereocenters. The molecule has 1 aromatic carbocycles. The molecule has 1 aliphatic heterocycles. The van der Waals surface area contributed by atoms with Crippen LogP contribution in [0, 0.1) is 6.07 Å². The summed E-state index contributed by atoms with van der Waals surface area (Å²) in [5, 5.41) is 0. The first-order valence-electron chi connectivity index (χ1n) is 4.12. The molecule has 3 nitrogen and oxygen atoms in total. The number of carbonyl (C=O) groups excluding carboxylic acids is 1. The molecule has 0 spiro atoms. The minimum absolute atomic E-state index is 0.398. The van der Waals surface area contributed by atoms with Crippen LogP contribution in [0.4, 0.5) is 0 Å². The molecule has 1 aromatic rings. The highest BCUT2D eigenvalue weighted by molar-refractivity contribution is 6.45. The van der Waals surface area contributed by atoms with Crippen LogP contribution < -0.4 is 5.73 Å². The van der Waals surface area contributed by atoms with E-state index in [1.54, 1.807) is 6.07 Å². The lowest BCUT2D eigenvalue weighted by atomic mass is 9.97. The van der Waals surface area contributed by atoms with Gasteiger partial charge in [0.2, 0.25) is 0 Å². The molecule has 1 radical (unpaired) electrons. The number of fused-ring (bicyclic) bond motifs is 1. The Kier molecular flexibility index (Phi) is 1.85. The highest BCUT2D eigenvalue weighted by Gasteiger charge is 2.16. The third kappa shape index (κ3) is 1.33. The van der Waals surface area contributed by atoms with E-state index in [1.165, 1.54) is 0 Å². The van der Waals surface area contributed by atoms with Gasteiger partial charge >= 0.3 is 0 Å². The summed E-state index contributed by atoms with van der Waals surface area (Å²) in [5.41, 5.74) is 7.56. The van der Waals surface area contributed by atoms with E-state index >= 15 is 0 Å². The van der Waals surface area contributed by atoms with Crippen molar-refractivity contribution in [2.45, 2.75) is 6.42 Å². The Balaban J connectivity index is 2.53. The topological polar surface area (TPSA) is 55.5 Å². The number of primary amides is 1. The van der Waals surface area contributed by atoms with Crippen LogP contribution in [0.15, 0.2) is 23.2 Å². The van der Waals surface area contributed by atoms with E-state index < -0.39 is 5.91 Å². The van der Waals surface area contributed by atoms with Crippen LogP contribution in [0.1, 0.15) is 11.1 Å². The zero-order valence-electron chi connectivity index (χ0n) is 7.08. The van der Waals surface area contributed by atoms with Gasteiger partial charge in [-0.3, -0.25) is 9.79 Å². The second-order valence-corrected chi connectivity index (χ2v) is 2.93. The van der Waals surface area contributed by atoms with Gasteiger partial charge < -0.3 is 5.73 Å². The second-order valence-electron chi connectivity index (χ2n) is 2.93. The van der Waals surface area contributed by atoms with Gasteiger partial charge in [0, 0.05) is 12.1 Å². The minimum atomic E-state index is -0.452. The number of nitrogens with zero attached hydrogens (tertiary/aromatic N) is 1. The molecular weight excluding hydrogens is 164 g/mol. The molecule has 1 heterocycles. The lowest BCUT2D eigenvalue weighted by Crippen LogP contribution is -2.28. The molecule has 2 rings (SSSR count). The van der Waals surface area contributed by atoms with Crippen molar-refractivity contribution in [1.29, 1.82) is 0 Å². The normalized spacial score (nSPS) is 14.6. The largest absolute Gasteiger partial charge is 0.364 e. The van der Waals surface area contributed by atoms with Gasteiger partial charge in [-0.25, -0.2) is 0 Å². The summed E-state index contributed by atoms with van der Waals surface area (Å²) in [7, 11) is 0. The lowest BCUT2D eigenvalue weighted by molar-refractivity contribution is -0.111. The van der Waals surface area contributed by atoms with Gasteiger partial charge in [-0.05, 0) is 18.1 Å². The van der Waals surface area contributed by atoms with Gasteiger partial charge in [-0.1, -0.05) is 18.2 Å². The van der Waals surface area contributed by atoms with Crippen molar-refractivity contribution in [1.82, 2.24) is 0 Å². The summed E-state index contributed by atoms with van der Waals surface area (Å²) in [5.74, 6) is -0.452. The molecule has 13 heavy (non-hydrogen) atoms. The van der Waals surface area contributed by atoms with E-state index in [2.05, 4.69) is 11.1 Å². The fraction of sp³-hybridized carbons (Fsp3) is 0.200. The predicted octanol–water partition coefficient (Wildman–Crippen LogP) is 0.317. The van der Waals surface area contributed by atoms with Crippen molar-refractivity contribution in [3.05, 3.63) is 35.4 Å². The van der Waals surface area contributed by atoms with Crippen LogP contribution in [-0.4, -0.2) is 18.2 Å². The summed E-state index contributed by atoms with van der Waals surface area (Å²) >= 11 is 0. The molecule has 2 N–H and O–H groups in total. The second kappa shape index (κ2) is 3.01. The number of hydrogen-bond acceptors (Lipinski definition) is 2. The first-order valence-corrected chi connectivity index (χ1v) is 4.12. The number of rotatable bonds is 1. The molecule has 0 aliphatic carbocycles. The Bertz CT molecular complexity index is 382. The molecular formula is C10H9N2O. The highest BCUT2D eigenvalue weighted by atomic mass is 16.1. The van der Waals surface area contributed by atoms with Crippen molar-refractivity contribution in [3.8, 4) is 0 Å². The van der Waals surface area contributed by atoms with Gasteiger partial charge in [-0.15, -0.1) is 0 Å². The Morgan fingerprint density at radius 3 is 3.23 bits per heavy atom.